The van der Waals surface area contributed by atoms with Gasteiger partial charge in [0.15, 0.2) is 0 Å². The minimum absolute atomic E-state index is 0.186. The summed E-state index contributed by atoms with van der Waals surface area (Å²) in [6, 6.07) is 16.6. The predicted molar refractivity (Wildman–Crippen MR) is 100 cm³/mol. The van der Waals surface area contributed by atoms with Crippen molar-refractivity contribution in [2.45, 2.75) is 19.9 Å². The molecule has 5 heteroatoms. The Kier molecular flexibility index (Phi) is 6.78. The summed E-state index contributed by atoms with van der Waals surface area (Å²) >= 11 is 0. The van der Waals surface area contributed by atoms with E-state index in [2.05, 4.69) is 0 Å². The van der Waals surface area contributed by atoms with Crippen LogP contribution in [0, 0.1) is 5.92 Å². The summed E-state index contributed by atoms with van der Waals surface area (Å²) in [5.74, 6) is -0.462. The molecule has 0 saturated carbocycles. The van der Waals surface area contributed by atoms with Gasteiger partial charge in [-0.2, -0.15) is 0 Å². The van der Waals surface area contributed by atoms with E-state index in [1.807, 2.05) is 43.3 Å². The van der Waals surface area contributed by atoms with Crippen LogP contribution in [-0.2, 0) is 9.53 Å². The predicted octanol–water partition coefficient (Wildman–Crippen LogP) is 3.71. The summed E-state index contributed by atoms with van der Waals surface area (Å²) in [6.45, 7) is 3.96. The number of benzene rings is 2. The number of methoxy groups -OCH3 is 2. The number of hydrogen-bond donors (Lipinski definition) is 0. The minimum Gasteiger partial charge on any atom is -0.496 e. The number of rotatable bonds is 7. The molecule has 0 radical (unpaired) electrons. The molecule has 0 spiro atoms. The van der Waals surface area contributed by atoms with Gasteiger partial charge in [-0.3, -0.25) is 9.59 Å². The number of carbonyl (C=O) groups is 2. The molecule has 0 saturated heterocycles. The van der Waals surface area contributed by atoms with Crippen molar-refractivity contribution in [3.8, 4) is 5.75 Å². The van der Waals surface area contributed by atoms with Crippen LogP contribution in [0.3, 0.4) is 0 Å². The van der Waals surface area contributed by atoms with Crippen molar-refractivity contribution < 1.29 is 19.1 Å². The van der Waals surface area contributed by atoms with Crippen molar-refractivity contribution in [3.63, 3.8) is 0 Å². The van der Waals surface area contributed by atoms with Crippen molar-refractivity contribution in [1.82, 2.24) is 4.90 Å². The quantitative estimate of drug-likeness (QED) is 0.711. The number of nitrogens with zero attached hydrogens (tertiary/aromatic N) is 1. The average Bonchev–Trinajstić information content (AvgIpc) is 2.70. The first-order chi connectivity index (χ1) is 12.5. The van der Waals surface area contributed by atoms with Gasteiger partial charge in [0, 0.05) is 6.54 Å². The highest BCUT2D eigenvalue weighted by molar-refractivity contribution is 5.97. The number of carbonyl (C=O) groups excluding carboxylic acids is 2. The maximum atomic E-state index is 13.3. The number of para-hydroxylation sites is 1. The van der Waals surface area contributed by atoms with Gasteiger partial charge >= 0.3 is 5.97 Å². The molecule has 1 amide bonds. The minimum atomic E-state index is -0.440. The molecule has 0 aliphatic carbocycles. The second kappa shape index (κ2) is 9.04. The Balaban J connectivity index is 2.39. The number of hydrogen-bond acceptors (Lipinski definition) is 4. The van der Waals surface area contributed by atoms with Gasteiger partial charge in [-0.05, 0) is 24.6 Å². The van der Waals surface area contributed by atoms with E-state index >= 15 is 0 Å². The van der Waals surface area contributed by atoms with E-state index in [1.165, 1.54) is 14.2 Å². The summed E-state index contributed by atoms with van der Waals surface area (Å²) in [4.78, 5) is 26.9. The highest BCUT2D eigenvalue weighted by Gasteiger charge is 2.28. The van der Waals surface area contributed by atoms with Gasteiger partial charge in [0.05, 0.1) is 31.7 Å². The summed E-state index contributed by atoms with van der Waals surface area (Å²) < 4.78 is 10.2. The molecule has 0 aliphatic heterocycles. The molecular formula is C21H25NO4. The lowest BCUT2D eigenvalue weighted by Crippen LogP contribution is -2.39. The van der Waals surface area contributed by atoms with E-state index in [0.717, 1.165) is 5.56 Å². The maximum absolute atomic E-state index is 13.3. The molecule has 0 heterocycles. The Morgan fingerprint density at radius 1 is 0.962 bits per heavy atom. The van der Waals surface area contributed by atoms with Crippen molar-refractivity contribution >= 4 is 11.9 Å². The van der Waals surface area contributed by atoms with Crippen LogP contribution in [0.25, 0.3) is 0 Å². The fraction of sp³-hybridized carbons (Fsp3) is 0.333. The Hall–Kier alpha value is -2.82. The fourth-order valence-electron chi connectivity index (χ4n) is 2.88. The van der Waals surface area contributed by atoms with E-state index in [0.29, 0.717) is 11.3 Å². The Morgan fingerprint density at radius 3 is 2.19 bits per heavy atom. The third-order valence-electron chi connectivity index (χ3n) is 4.42. The lowest BCUT2D eigenvalue weighted by Gasteiger charge is -2.32. The number of ether oxygens (including phenoxy) is 2. The van der Waals surface area contributed by atoms with E-state index in [-0.39, 0.29) is 24.5 Å². The van der Waals surface area contributed by atoms with Crippen LogP contribution >= 0.6 is 0 Å². The van der Waals surface area contributed by atoms with Crippen molar-refractivity contribution in [3.05, 3.63) is 65.7 Å². The third kappa shape index (κ3) is 4.42. The normalized spacial score (nSPS) is 12.8. The van der Waals surface area contributed by atoms with Crippen LogP contribution in [0.2, 0.25) is 0 Å². The molecule has 0 aliphatic rings. The first-order valence-corrected chi connectivity index (χ1v) is 8.56. The maximum Gasteiger partial charge on any atom is 0.310 e. The second-order valence-electron chi connectivity index (χ2n) is 6.17. The molecule has 0 N–H and O–H groups in total. The molecule has 0 bridgehead atoms. The number of amides is 1. The van der Waals surface area contributed by atoms with E-state index in [9.17, 15) is 9.59 Å². The van der Waals surface area contributed by atoms with Gasteiger partial charge in [-0.1, -0.05) is 49.4 Å². The molecule has 2 atom stereocenters. The molecule has 2 rings (SSSR count). The summed E-state index contributed by atoms with van der Waals surface area (Å²) in [5.41, 5.74) is 1.46. The Morgan fingerprint density at radius 2 is 1.58 bits per heavy atom. The highest BCUT2D eigenvalue weighted by Crippen LogP contribution is 2.27. The monoisotopic (exact) mass is 355 g/mol. The zero-order valence-corrected chi connectivity index (χ0v) is 15.6. The zero-order chi connectivity index (χ0) is 19.1. The number of esters is 1. The van der Waals surface area contributed by atoms with Gasteiger partial charge in [-0.15, -0.1) is 0 Å². The van der Waals surface area contributed by atoms with Crippen molar-refractivity contribution in [2.75, 3.05) is 20.8 Å². The standard InChI is InChI=1S/C21H25NO4/c1-15(21(24)26-4)14-22(16(2)17-10-6-5-7-11-17)20(23)18-12-8-9-13-19(18)25-3/h5-13,15-16H,14H2,1-4H3. The topological polar surface area (TPSA) is 55.8 Å². The largest absolute Gasteiger partial charge is 0.496 e. The molecule has 26 heavy (non-hydrogen) atoms. The smallest absolute Gasteiger partial charge is 0.310 e. The second-order valence-corrected chi connectivity index (χ2v) is 6.17. The lowest BCUT2D eigenvalue weighted by molar-refractivity contribution is -0.145. The highest BCUT2D eigenvalue weighted by atomic mass is 16.5. The van der Waals surface area contributed by atoms with Gasteiger partial charge in [0.2, 0.25) is 0 Å². The van der Waals surface area contributed by atoms with Crippen molar-refractivity contribution in [1.29, 1.82) is 0 Å². The Bertz CT molecular complexity index is 745. The molecule has 2 aromatic rings. The van der Waals surface area contributed by atoms with Gasteiger partial charge < -0.3 is 14.4 Å². The third-order valence-corrected chi connectivity index (χ3v) is 4.42. The van der Waals surface area contributed by atoms with Crippen LogP contribution in [0.5, 0.6) is 5.75 Å². The first-order valence-electron chi connectivity index (χ1n) is 8.56. The van der Waals surface area contributed by atoms with E-state index in [1.54, 1.807) is 30.0 Å². The summed E-state index contributed by atoms with van der Waals surface area (Å²) in [7, 11) is 2.89. The van der Waals surface area contributed by atoms with Gasteiger partial charge in [-0.25, -0.2) is 0 Å². The van der Waals surface area contributed by atoms with Gasteiger partial charge in [0.25, 0.3) is 5.91 Å². The van der Waals surface area contributed by atoms with Crippen LogP contribution in [-0.4, -0.2) is 37.5 Å². The van der Waals surface area contributed by atoms with Gasteiger partial charge in [0.1, 0.15) is 5.75 Å². The van der Waals surface area contributed by atoms with E-state index in [4.69, 9.17) is 9.47 Å². The molecule has 5 nitrogen and oxygen atoms in total. The summed E-state index contributed by atoms with van der Waals surface area (Å²) in [5, 5.41) is 0. The van der Waals surface area contributed by atoms with Crippen molar-refractivity contribution in [2.24, 2.45) is 5.92 Å². The molecule has 0 aromatic heterocycles. The average molecular weight is 355 g/mol. The van der Waals surface area contributed by atoms with Crippen LogP contribution in [0.4, 0.5) is 0 Å². The lowest BCUT2D eigenvalue weighted by atomic mass is 10.0. The molecule has 2 aromatic carbocycles. The molecule has 138 valence electrons. The van der Waals surface area contributed by atoms with Crippen LogP contribution < -0.4 is 4.74 Å². The van der Waals surface area contributed by atoms with Crippen LogP contribution in [0.15, 0.2) is 54.6 Å². The molecule has 2 unspecified atom stereocenters. The first kappa shape index (κ1) is 19.5. The van der Waals surface area contributed by atoms with Crippen LogP contribution in [0.1, 0.15) is 35.8 Å². The Labute approximate surface area is 154 Å². The molecular weight excluding hydrogens is 330 g/mol. The SMILES string of the molecule is COC(=O)C(C)CN(C(=O)c1ccccc1OC)C(C)c1ccccc1. The fourth-order valence-corrected chi connectivity index (χ4v) is 2.88. The summed E-state index contributed by atoms with van der Waals surface area (Å²) in [6.07, 6.45) is 0. The van der Waals surface area contributed by atoms with E-state index < -0.39 is 5.92 Å². The zero-order valence-electron chi connectivity index (χ0n) is 15.6. The molecule has 0 fully saturated rings.